The van der Waals surface area contributed by atoms with Gasteiger partial charge in [0.15, 0.2) is 6.04 Å². The van der Waals surface area contributed by atoms with Crippen molar-refractivity contribution >= 4 is 23.1 Å². The molecule has 198 valence electrons. The monoisotopic (exact) mass is 528 g/mol. The number of hydrogen-bond donors (Lipinski definition) is 2. The van der Waals surface area contributed by atoms with Gasteiger partial charge in [-0.3, -0.25) is 9.20 Å². The first-order valence-corrected chi connectivity index (χ1v) is 11.3. The molecule has 0 spiro atoms. The average Bonchev–Trinajstić information content (AvgIpc) is 2.82. The van der Waals surface area contributed by atoms with Gasteiger partial charge in [0.2, 0.25) is 0 Å². The van der Waals surface area contributed by atoms with Gasteiger partial charge in [0.1, 0.15) is 11.5 Å². The van der Waals surface area contributed by atoms with Gasteiger partial charge in [-0.2, -0.15) is 26.3 Å². The van der Waals surface area contributed by atoms with Crippen LogP contribution >= 0.6 is 0 Å². The number of halogens is 6. The minimum Gasteiger partial charge on any atom is -0.478 e. The van der Waals surface area contributed by atoms with E-state index in [4.69, 9.17) is 0 Å². The van der Waals surface area contributed by atoms with Crippen LogP contribution in [0.2, 0.25) is 0 Å². The third-order valence-electron chi connectivity index (χ3n) is 6.13. The van der Waals surface area contributed by atoms with Crippen molar-refractivity contribution in [2.45, 2.75) is 44.6 Å². The van der Waals surface area contributed by atoms with Crippen LogP contribution in [0.25, 0.3) is 5.65 Å². The highest BCUT2D eigenvalue weighted by atomic mass is 19.4. The molecule has 1 aliphatic heterocycles. The molecule has 1 aromatic carbocycles. The fourth-order valence-electron chi connectivity index (χ4n) is 4.32. The molecule has 0 amide bonds. The smallest absolute Gasteiger partial charge is 0.417 e. The minimum atomic E-state index is -5.19. The molecule has 7 nitrogen and oxygen atoms in total. The van der Waals surface area contributed by atoms with E-state index >= 15 is 0 Å². The Morgan fingerprint density at radius 2 is 1.73 bits per heavy atom. The molecule has 3 aromatic rings. The molecular weight excluding hydrogens is 506 g/mol. The van der Waals surface area contributed by atoms with Crippen molar-refractivity contribution in [3.8, 4) is 0 Å². The van der Waals surface area contributed by atoms with Crippen LogP contribution in [0.4, 0.5) is 37.8 Å². The van der Waals surface area contributed by atoms with Crippen molar-refractivity contribution in [2.24, 2.45) is 0 Å². The molecule has 4 rings (SSSR count). The zero-order valence-corrected chi connectivity index (χ0v) is 19.5. The van der Waals surface area contributed by atoms with Crippen LogP contribution in [-0.4, -0.2) is 39.7 Å². The van der Waals surface area contributed by atoms with Gasteiger partial charge >= 0.3 is 18.3 Å². The lowest BCUT2D eigenvalue weighted by atomic mass is 10.0. The maximum Gasteiger partial charge on any atom is 0.417 e. The van der Waals surface area contributed by atoms with Crippen LogP contribution in [0, 0.1) is 6.92 Å². The van der Waals surface area contributed by atoms with Crippen LogP contribution in [0.15, 0.2) is 41.3 Å². The van der Waals surface area contributed by atoms with Crippen LogP contribution < -0.4 is 15.8 Å². The van der Waals surface area contributed by atoms with E-state index in [9.17, 15) is 41.0 Å². The van der Waals surface area contributed by atoms with Crippen LogP contribution in [0.3, 0.4) is 0 Å². The van der Waals surface area contributed by atoms with Crippen LogP contribution in [0.1, 0.15) is 52.4 Å². The fraction of sp³-hybridized carbons (Fsp3) is 0.375. The number of aromatic nitrogens is 2. The summed E-state index contributed by atoms with van der Waals surface area (Å²) >= 11 is 0. The van der Waals surface area contributed by atoms with E-state index in [1.165, 1.54) is 13.0 Å². The van der Waals surface area contributed by atoms with E-state index in [0.717, 1.165) is 37.5 Å². The van der Waals surface area contributed by atoms with Crippen molar-refractivity contribution in [3.63, 3.8) is 0 Å². The summed E-state index contributed by atoms with van der Waals surface area (Å²) in [5.41, 5.74) is -4.52. The van der Waals surface area contributed by atoms with E-state index in [2.05, 4.69) is 10.3 Å². The van der Waals surface area contributed by atoms with Gasteiger partial charge in [0.25, 0.3) is 5.56 Å². The Morgan fingerprint density at radius 3 is 2.32 bits per heavy atom. The molecule has 2 N–H and O–H groups in total. The van der Waals surface area contributed by atoms with Crippen molar-refractivity contribution in [3.05, 3.63) is 69.1 Å². The molecule has 13 heteroatoms. The lowest BCUT2D eigenvalue weighted by Gasteiger charge is -2.29. The van der Waals surface area contributed by atoms with Gasteiger partial charge in [0.05, 0.1) is 11.1 Å². The Bertz CT molecular complexity index is 1390. The molecule has 1 unspecified atom stereocenters. The van der Waals surface area contributed by atoms with Crippen LogP contribution in [0.5, 0.6) is 0 Å². The van der Waals surface area contributed by atoms with Gasteiger partial charge in [-0.15, -0.1) is 0 Å². The first-order valence-electron chi connectivity index (χ1n) is 11.3. The Kier molecular flexibility index (Phi) is 6.82. The molecule has 1 fully saturated rings. The molecule has 37 heavy (non-hydrogen) atoms. The topological polar surface area (TPSA) is 86.9 Å². The quantitative estimate of drug-likeness (QED) is 0.430. The maximum atomic E-state index is 14.4. The van der Waals surface area contributed by atoms with E-state index in [1.807, 2.05) is 0 Å². The number of pyridine rings is 1. The number of piperidine rings is 1. The van der Waals surface area contributed by atoms with Crippen molar-refractivity contribution in [1.82, 2.24) is 9.38 Å². The molecule has 0 radical (unpaired) electrons. The van der Waals surface area contributed by atoms with E-state index in [-0.39, 0.29) is 5.82 Å². The molecular formula is C24H22F6N4O3. The van der Waals surface area contributed by atoms with Gasteiger partial charge < -0.3 is 15.3 Å². The third-order valence-corrected chi connectivity index (χ3v) is 6.13. The molecule has 1 aliphatic rings. The lowest BCUT2D eigenvalue weighted by Crippen LogP contribution is -2.33. The van der Waals surface area contributed by atoms with Crippen molar-refractivity contribution < 1.29 is 36.2 Å². The van der Waals surface area contributed by atoms with Gasteiger partial charge in [-0.05, 0) is 44.4 Å². The van der Waals surface area contributed by atoms with Crippen molar-refractivity contribution in [1.29, 1.82) is 0 Å². The largest absolute Gasteiger partial charge is 0.478 e. The SMILES string of the molecule is Cc1ccc(NC(c2cc(C(F)(F)F)cn3c(=O)cc(N4CCCCC4)nc23)C(F)(F)F)c(C(=O)O)c1. The molecule has 2 aromatic heterocycles. The number of aryl methyl sites for hydroxylation is 1. The Balaban J connectivity index is 1.97. The molecule has 1 atom stereocenters. The van der Waals surface area contributed by atoms with E-state index < -0.39 is 57.9 Å². The second kappa shape index (κ2) is 9.60. The number of rotatable bonds is 5. The molecule has 0 bridgehead atoms. The number of alkyl halides is 6. The Labute approximate surface area is 206 Å². The van der Waals surface area contributed by atoms with Gasteiger partial charge in [-0.25, -0.2) is 9.78 Å². The predicted molar refractivity (Wildman–Crippen MR) is 123 cm³/mol. The molecule has 3 heterocycles. The Hall–Kier alpha value is -3.77. The number of carboxylic acids is 1. The highest BCUT2D eigenvalue weighted by molar-refractivity contribution is 5.94. The first-order chi connectivity index (χ1) is 17.3. The standard InChI is InChI=1S/C24H22F6N4O3/c1-13-5-6-17(15(9-13)22(36)37)31-20(24(28,29)30)16-10-14(23(25,26)27)12-34-19(35)11-18(32-21(16)34)33-7-3-2-4-8-33/h5-6,9-12,20,31H,2-4,7-8H2,1H3,(H,36,37). The molecule has 0 saturated carbocycles. The lowest BCUT2D eigenvalue weighted by molar-refractivity contribution is -0.145. The fourth-order valence-corrected chi connectivity index (χ4v) is 4.32. The molecule has 0 aliphatic carbocycles. The summed E-state index contributed by atoms with van der Waals surface area (Å²) in [5, 5.41) is 11.5. The number of carboxylic acid groups (broad SMARTS) is 1. The number of nitrogens with zero attached hydrogens (tertiary/aromatic N) is 3. The second-order valence-electron chi connectivity index (χ2n) is 8.85. The number of carbonyl (C=O) groups is 1. The summed E-state index contributed by atoms with van der Waals surface area (Å²) in [6, 6.07) is 2.09. The maximum absolute atomic E-state index is 14.4. The number of fused-ring (bicyclic) bond motifs is 1. The summed E-state index contributed by atoms with van der Waals surface area (Å²) in [6.45, 7) is 2.52. The van der Waals surface area contributed by atoms with E-state index in [1.54, 1.807) is 4.90 Å². The Morgan fingerprint density at radius 1 is 1.05 bits per heavy atom. The summed E-state index contributed by atoms with van der Waals surface area (Å²) in [4.78, 5) is 30.4. The van der Waals surface area contributed by atoms with E-state index in [0.29, 0.717) is 35.3 Å². The first kappa shape index (κ1) is 26.3. The minimum absolute atomic E-state index is 0.0631. The summed E-state index contributed by atoms with van der Waals surface area (Å²) in [6.07, 6.45) is -7.40. The number of hydrogen-bond acceptors (Lipinski definition) is 5. The average molecular weight is 528 g/mol. The normalized spacial score (nSPS) is 15.6. The summed E-state index contributed by atoms with van der Waals surface area (Å²) < 4.78 is 84.7. The summed E-state index contributed by atoms with van der Waals surface area (Å²) in [5.74, 6) is -1.46. The number of aromatic carboxylic acids is 1. The summed E-state index contributed by atoms with van der Waals surface area (Å²) in [7, 11) is 0. The van der Waals surface area contributed by atoms with Crippen molar-refractivity contribution in [2.75, 3.05) is 23.3 Å². The number of nitrogens with one attached hydrogen (secondary N) is 1. The zero-order chi connectivity index (χ0) is 27.1. The number of anilines is 2. The third kappa shape index (κ3) is 5.49. The highest BCUT2D eigenvalue weighted by Gasteiger charge is 2.44. The van der Waals surface area contributed by atoms with Gasteiger partial charge in [-0.1, -0.05) is 11.6 Å². The zero-order valence-electron chi connectivity index (χ0n) is 19.5. The number of benzene rings is 1. The van der Waals surface area contributed by atoms with Crippen LogP contribution in [-0.2, 0) is 6.18 Å². The highest BCUT2D eigenvalue weighted by Crippen LogP contribution is 2.40. The molecule has 1 saturated heterocycles. The second-order valence-corrected chi connectivity index (χ2v) is 8.85. The predicted octanol–water partition coefficient (Wildman–Crippen LogP) is 5.43. The van der Waals surface area contributed by atoms with Gasteiger partial charge in [0, 0.05) is 36.6 Å².